The monoisotopic (exact) mass is 525 g/mol. The molecule has 0 aliphatic carbocycles. The lowest BCUT2D eigenvalue weighted by molar-refractivity contribution is 0.247. The van der Waals surface area contributed by atoms with Crippen LogP contribution in [-0.4, -0.2) is 64.6 Å². The largest absolute Gasteiger partial charge is 0.771 e. The average molecular weight is 526 g/mol. The minimum absolute atomic E-state index is 0.101. The highest BCUT2D eigenvalue weighted by Crippen LogP contribution is 2.31. The highest BCUT2D eigenvalue weighted by atomic mass is 32.2. The lowest BCUT2D eigenvalue weighted by Crippen LogP contribution is -2.40. The summed E-state index contributed by atoms with van der Waals surface area (Å²) in [5, 5.41) is 10.4. The van der Waals surface area contributed by atoms with Crippen LogP contribution >= 0.6 is 11.3 Å². The Kier molecular flexibility index (Phi) is 7.46. The molecule has 190 valence electrons. The number of nitrogens with one attached hydrogen (secondary N) is 4. The van der Waals surface area contributed by atoms with E-state index in [1.165, 1.54) is 0 Å². The first kappa shape index (κ1) is 24.6. The number of rotatable bonds is 9. The first-order valence-corrected chi connectivity index (χ1v) is 14.0. The molecule has 4 aromatic rings. The number of pyridine rings is 1. The fourth-order valence-electron chi connectivity index (χ4n) is 4.33. The second-order valence-electron chi connectivity index (χ2n) is 9.19. The summed E-state index contributed by atoms with van der Waals surface area (Å²) in [5.74, 6) is 2.40. The number of benzene rings is 1. The van der Waals surface area contributed by atoms with Gasteiger partial charge in [0.25, 0.3) is 0 Å². The number of hydrogen-bond acceptors (Lipinski definition) is 10. The number of hydrogen-bond donors (Lipinski definition) is 4. The van der Waals surface area contributed by atoms with Gasteiger partial charge in [-0.2, -0.15) is 0 Å². The Morgan fingerprint density at radius 2 is 2.03 bits per heavy atom. The van der Waals surface area contributed by atoms with Crippen LogP contribution in [0.4, 0.5) is 23.0 Å². The SMILES string of the molecule is CC(C)Nc1cc(Nc2ccc3ncsc3c2)ncc1-c1ncc(NC2CCN(CS(=O)[O-])CC2)[nH]1. The first-order valence-electron chi connectivity index (χ1n) is 11.9. The molecule has 12 heteroatoms. The average Bonchev–Trinajstić information content (AvgIpc) is 3.49. The summed E-state index contributed by atoms with van der Waals surface area (Å²) in [7, 11) is 0. The number of imidazole rings is 1. The number of fused-ring (bicyclic) bond motifs is 1. The van der Waals surface area contributed by atoms with E-state index in [-0.39, 0.29) is 18.0 Å². The van der Waals surface area contributed by atoms with Crippen molar-refractivity contribution in [3.8, 4) is 11.4 Å². The number of aromatic nitrogens is 4. The molecule has 4 heterocycles. The molecule has 0 bridgehead atoms. The molecular formula is C24H29N8O2S2-. The van der Waals surface area contributed by atoms with Gasteiger partial charge in [0.2, 0.25) is 0 Å². The molecule has 1 aliphatic rings. The van der Waals surface area contributed by atoms with Crippen LogP contribution in [0.2, 0.25) is 0 Å². The van der Waals surface area contributed by atoms with Crippen molar-refractivity contribution in [3.63, 3.8) is 0 Å². The first-order chi connectivity index (χ1) is 17.4. The molecule has 0 saturated carbocycles. The van der Waals surface area contributed by atoms with Crippen LogP contribution in [0.1, 0.15) is 26.7 Å². The second-order valence-corrected chi connectivity index (χ2v) is 10.9. The van der Waals surface area contributed by atoms with Gasteiger partial charge in [-0.15, -0.1) is 11.3 Å². The maximum absolute atomic E-state index is 10.9. The zero-order chi connectivity index (χ0) is 25.1. The van der Waals surface area contributed by atoms with Crippen molar-refractivity contribution in [2.45, 2.75) is 38.8 Å². The van der Waals surface area contributed by atoms with E-state index in [9.17, 15) is 8.76 Å². The molecule has 1 unspecified atom stereocenters. The number of anilines is 4. The van der Waals surface area contributed by atoms with Crippen LogP contribution in [0.5, 0.6) is 0 Å². The number of H-pyrrole nitrogens is 1. The van der Waals surface area contributed by atoms with E-state index in [2.05, 4.69) is 55.8 Å². The third-order valence-corrected chi connectivity index (χ3v) is 7.39. The van der Waals surface area contributed by atoms with E-state index >= 15 is 0 Å². The molecule has 0 amide bonds. The van der Waals surface area contributed by atoms with Crippen LogP contribution in [0.25, 0.3) is 21.6 Å². The van der Waals surface area contributed by atoms with E-state index in [1.54, 1.807) is 17.5 Å². The quantitative estimate of drug-likeness (QED) is 0.235. The van der Waals surface area contributed by atoms with Gasteiger partial charge in [-0.3, -0.25) is 9.11 Å². The highest BCUT2D eigenvalue weighted by Gasteiger charge is 2.20. The molecule has 0 spiro atoms. The van der Waals surface area contributed by atoms with Crippen LogP contribution in [0, 0.1) is 0 Å². The number of likely N-dealkylation sites (tertiary alicyclic amines) is 1. The molecule has 1 atom stereocenters. The maximum atomic E-state index is 10.9. The van der Waals surface area contributed by atoms with Crippen molar-refractivity contribution in [1.29, 1.82) is 0 Å². The second kappa shape index (κ2) is 10.9. The number of thiazole rings is 1. The molecule has 5 rings (SSSR count). The predicted molar refractivity (Wildman–Crippen MR) is 145 cm³/mol. The minimum Gasteiger partial charge on any atom is -0.771 e. The standard InChI is InChI=1S/C24H30N8O2S2/c1-15(2)28-20-10-22(30-17-3-4-19-21(9-17)35-13-27-19)25-11-18(20)24-26-12-23(31-24)29-16-5-7-32(8-6-16)14-36(33)34/h3-4,9-13,15-16,29H,5-8,14H2,1-2H3,(H,26,31)(H,33,34)(H2,25,28,30)/p-1. The third kappa shape index (κ3) is 6.01. The molecule has 0 radical (unpaired) electrons. The van der Waals surface area contributed by atoms with Crippen molar-refractivity contribution in [1.82, 2.24) is 24.8 Å². The van der Waals surface area contributed by atoms with E-state index < -0.39 is 11.1 Å². The maximum Gasteiger partial charge on any atom is 0.142 e. The summed E-state index contributed by atoms with van der Waals surface area (Å²) in [6, 6.07) is 8.58. The Balaban J connectivity index is 1.29. The summed E-state index contributed by atoms with van der Waals surface area (Å²) in [6.07, 6.45) is 5.37. The lowest BCUT2D eigenvalue weighted by Gasteiger charge is -2.32. The van der Waals surface area contributed by atoms with Gasteiger partial charge < -0.3 is 25.5 Å². The normalized spacial score (nSPS) is 15.9. The number of aromatic amines is 1. The Morgan fingerprint density at radius 3 is 2.81 bits per heavy atom. The van der Waals surface area contributed by atoms with Crippen LogP contribution in [0.15, 0.2) is 42.2 Å². The summed E-state index contributed by atoms with van der Waals surface area (Å²) < 4.78 is 23.0. The Hall–Kier alpha value is -3.06. The summed E-state index contributed by atoms with van der Waals surface area (Å²) in [4.78, 5) is 18.9. The van der Waals surface area contributed by atoms with E-state index in [0.29, 0.717) is 0 Å². The van der Waals surface area contributed by atoms with Crippen molar-refractivity contribution >= 4 is 55.6 Å². The van der Waals surface area contributed by atoms with E-state index in [4.69, 9.17) is 0 Å². The summed E-state index contributed by atoms with van der Waals surface area (Å²) in [6.45, 7) is 5.70. The van der Waals surface area contributed by atoms with Gasteiger partial charge in [0.1, 0.15) is 17.5 Å². The Morgan fingerprint density at radius 1 is 1.19 bits per heavy atom. The fourth-order valence-corrected chi connectivity index (χ4v) is 5.60. The summed E-state index contributed by atoms with van der Waals surface area (Å²) in [5.41, 5.74) is 5.61. The van der Waals surface area contributed by atoms with Crippen molar-refractivity contribution < 1.29 is 8.76 Å². The molecule has 36 heavy (non-hydrogen) atoms. The Labute approximate surface area is 216 Å². The summed E-state index contributed by atoms with van der Waals surface area (Å²) >= 11 is -0.423. The van der Waals surface area contributed by atoms with Crippen LogP contribution in [0.3, 0.4) is 0 Å². The van der Waals surface area contributed by atoms with Gasteiger partial charge in [0.05, 0.1) is 39.1 Å². The fraction of sp³-hybridized carbons (Fsp3) is 0.375. The number of piperidine rings is 1. The van der Waals surface area contributed by atoms with Gasteiger partial charge >= 0.3 is 0 Å². The van der Waals surface area contributed by atoms with Gasteiger partial charge in [-0.1, -0.05) is 0 Å². The molecule has 4 N–H and O–H groups in total. The zero-order valence-corrected chi connectivity index (χ0v) is 21.8. The molecule has 3 aromatic heterocycles. The molecule has 1 aromatic carbocycles. The Bertz CT molecular complexity index is 1350. The lowest BCUT2D eigenvalue weighted by atomic mass is 10.1. The van der Waals surface area contributed by atoms with Gasteiger partial charge in [-0.05, 0) is 56.0 Å². The molecule has 1 saturated heterocycles. The van der Waals surface area contributed by atoms with Crippen molar-refractivity contribution in [2.24, 2.45) is 0 Å². The molecule has 1 fully saturated rings. The number of nitrogens with zero attached hydrogens (tertiary/aromatic N) is 4. The van der Waals surface area contributed by atoms with Crippen molar-refractivity contribution in [2.75, 3.05) is 34.9 Å². The predicted octanol–water partition coefficient (Wildman–Crippen LogP) is 4.36. The molecule has 1 aliphatic heterocycles. The smallest absolute Gasteiger partial charge is 0.142 e. The molecule has 10 nitrogen and oxygen atoms in total. The van der Waals surface area contributed by atoms with Crippen LogP contribution < -0.4 is 16.0 Å². The van der Waals surface area contributed by atoms with Gasteiger partial charge in [0.15, 0.2) is 0 Å². The van der Waals surface area contributed by atoms with E-state index in [1.807, 2.05) is 34.8 Å². The topological polar surface area (TPSA) is 134 Å². The van der Waals surface area contributed by atoms with Gasteiger partial charge in [0, 0.05) is 43.1 Å². The van der Waals surface area contributed by atoms with Gasteiger partial charge in [-0.25, -0.2) is 15.0 Å². The van der Waals surface area contributed by atoms with E-state index in [0.717, 1.165) is 70.5 Å². The minimum atomic E-state index is -2.03. The third-order valence-electron chi connectivity index (χ3n) is 6.02. The molecular weight excluding hydrogens is 496 g/mol. The zero-order valence-electron chi connectivity index (χ0n) is 20.2. The van der Waals surface area contributed by atoms with Crippen molar-refractivity contribution in [3.05, 3.63) is 42.2 Å². The highest BCUT2D eigenvalue weighted by molar-refractivity contribution is 7.79. The van der Waals surface area contributed by atoms with Crippen LogP contribution in [-0.2, 0) is 11.1 Å².